The van der Waals surface area contributed by atoms with E-state index in [1.807, 2.05) is 6.07 Å². The Bertz CT molecular complexity index is 657. The highest BCUT2D eigenvalue weighted by Gasteiger charge is 2.53. The SMILES string of the molecule is CS(=O)(=O)CCNC(=O)NC1C2CCc3ccccc3C21. The number of sulfone groups is 1. The van der Waals surface area contributed by atoms with Gasteiger partial charge >= 0.3 is 6.03 Å². The second kappa shape index (κ2) is 5.33. The van der Waals surface area contributed by atoms with E-state index in [9.17, 15) is 13.2 Å². The molecule has 114 valence electrons. The van der Waals surface area contributed by atoms with Gasteiger partial charge in [-0.1, -0.05) is 24.3 Å². The van der Waals surface area contributed by atoms with Crippen molar-refractivity contribution in [3.8, 4) is 0 Å². The van der Waals surface area contributed by atoms with Crippen molar-refractivity contribution in [3.63, 3.8) is 0 Å². The summed E-state index contributed by atoms with van der Waals surface area (Å²) in [6, 6.07) is 8.33. The van der Waals surface area contributed by atoms with Gasteiger partial charge in [0.25, 0.3) is 0 Å². The van der Waals surface area contributed by atoms with Gasteiger partial charge in [-0.2, -0.15) is 0 Å². The molecule has 2 N–H and O–H groups in total. The molecule has 2 aliphatic carbocycles. The third kappa shape index (κ3) is 3.20. The Hall–Kier alpha value is -1.56. The molecule has 1 aromatic rings. The quantitative estimate of drug-likeness (QED) is 0.873. The van der Waals surface area contributed by atoms with Crippen molar-refractivity contribution in [2.45, 2.75) is 24.8 Å². The van der Waals surface area contributed by atoms with E-state index < -0.39 is 9.84 Å². The fraction of sp³-hybridized carbons (Fsp3) is 0.533. The summed E-state index contributed by atoms with van der Waals surface area (Å²) in [6.45, 7) is 0.156. The van der Waals surface area contributed by atoms with Gasteiger partial charge in [0.2, 0.25) is 0 Å². The minimum Gasteiger partial charge on any atom is -0.337 e. The minimum atomic E-state index is -3.04. The first-order valence-corrected chi connectivity index (χ1v) is 9.31. The van der Waals surface area contributed by atoms with Gasteiger partial charge in [0.1, 0.15) is 9.84 Å². The Balaban J connectivity index is 1.53. The third-order valence-corrected chi connectivity index (χ3v) is 5.33. The van der Waals surface area contributed by atoms with Gasteiger partial charge in [0, 0.05) is 24.8 Å². The van der Waals surface area contributed by atoms with E-state index in [0.717, 1.165) is 12.8 Å². The number of hydrogen-bond acceptors (Lipinski definition) is 3. The van der Waals surface area contributed by atoms with Crippen LogP contribution in [0.25, 0.3) is 0 Å². The molecule has 0 spiro atoms. The summed E-state index contributed by atoms with van der Waals surface area (Å²) in [4.78, 5) is 11.8. The maximum absolute atomic E-state index is 11.8. The largest absolute Gasteiger partial charge is 0.337 e. The lowest BCUT2D eigenvalue weighted by Crippen LogP contribution is -2.39. The Labute approximate surface area is 125 Å². The van der Waals surface area contributed by atoms with E-state index in [0.29, 0.717) is 11.8 Å². The zero-order valence-corrected chi connectivity index (χ0v) is 12.8. The molecule has 5 nitrogen and oxygen atoms in total. The molecule has 2 amide bonds. The summed E-state index contributed by atoms with van der Waals surface area (Å²) in [7, 11) is -3.04. The number of fused-ring (bicyclic) bond motifs is 3. The molecule has 3 rings (SSSR count). The van der Waals surface area contributed by atoms with Crippen LogP contribution < -0.4 is 10.6 Å². The number of nitrogens with one attached hydrogen (secondary N) is 2. The van der Waals surface area contributed by atoms with Gasteiger partial charge < -0.3 is 10.6 Å². The van der Waals surface area contributed by atoms with Gasteiger partial charge in [0.15, 0.2) is 0 Å². The molecule has 1 fully saturated rings. The Kier molecular flexibility index (Phi) is 3.65. The van der Waals surface area contributed by atoms with Crippen LogP contribution in [0.1, 0.15) is 23.5 Å². The van der Waals surface area contributed by atoms with E-state index >= 15 is 0 Å². The van der Waals surface area contributed by atoms with Gasteiger partial charge in [-0.05, 0) is 29.9 Å². The highest BCUT2D eigenvalue weighted by atomic mass is 32.2. The number of hydrogen-bond donors (Lipinski definition) is 2. The highest BCUT2D eigenvalue weighted by molar-refractivity contribution is 7.90. The fourth-order valence-electron chi connectivity index (χ4n) is 3.32. The molecule has 1 aromatic carbocycles. The number of rotatable bonds is 4. The standard InChI is InChI=1S/C15H20N2O3S/c1-21(19,20)9-8-16-15(18)17-14-12-7-6-10-4-2-3-5-11(10)13(12)14/h2-5,12-14H,6-9H2,1H3,(H2,16,17,18). The maximum Gasteiger partial charge on any atom is 0.315 e. The van der Waals surface area contributed by atoms with Crippen LogP contribution in [0.15, 0.2) is 24.3 Å². The zero-order valence-electron chi connectivity index (χ0n) is 12.0. The Morgan fingerprint density at radius 1 is 1.33 bits per heavy atom. The molecule has 0 aromatic heterocycles. The molecule has 21 heavy (non-hydrogen) atoms. The van der Waals surface area contributed by atoms with Crippen LogP contribution in [0, 0.1) is 5.92 Å². The van der Waals surface area contributed by atoms with Gasteiger partial charge in [0.05, 0.1) is 5.75 Å². The predicted molar refractivity (Wildman–Crippen MR) is 81.0 cm³/mol. The van der Waals surface area contributed by atoms with Crippen LogP contribution in [0.4, 0.5) is 4.79 Å². The summed E-state index contributed by atoms with van der Waals surface area (Å²) in [5.41, 5.74) is 2.75. The summed E-state index contributed by atoms with van der Waals surface area (Å²) in [5, 5.41) is 5.59. The average Bonchev–Trinajstić information content (AvgIpc) is 3.11. The van der Waals surface area contributed by atoms with Crippen LogP contribution >= 0.6 is 0 Å². The monoisotopic (exact) mass is 308 g/mol. The van der Waals surface area contributed by atoms with Gasteiger partial charge in [-0.3, -0.25) is 0 Å². The number of carbonyl (C=O) groups is 1. The predicted octanol–water partition coefficient (Wildman–Crippen LogP) is 1.06. The topological polar surface area (TPSA) is 75.3 Å². The first-order valence-electron chi connectivity index (χ1n) is 7.25. The minimum absolute atomic E-state index is 0.0270. The van der Waals surface area contributed by atoms with Gasteiger partial charge in [-0.25, -0.2) is 13.2 Å². The van der Waals surface area contributed by atoms with Crippen molar-refractivity contribution < 1.29 is 13.2 Å². The molecular weight excluding hydrogens is 288 g/mol. The molecule has 0 heterocycles. The van der Waals surface area contributed by atoms with E-state index in [-0.39, 0.29) is 24.4 Å². The first-order chi connectivity index (χ1) is 9.96. The lowest BCUT2D eigenvalue weighted by molar-refractivity contribution is 0.240. The van der Waals surface area contributed by atoms with Crippen LogP contribution in [-0.4, -0.2) is 39.0 Å². The van der Waals surface area contributed by atoms with Crippen molar-refractivity contribution >= 4 is 15.9 Å². The Morgan fingerprint density at radius 2 is 2.10 bits per heavy atom. The number of benzene rings is 1. The van der Waals surface area contributed by atoms with E-state index in [4.69, 9.17) is 0 Å². The fourth-order valence-corrected chi connectivity index (χ4v) is 3.79. The number of aryl methyl sites for hydroxylation is 1. The van der Waals surface area contributed by atoms with E-state index in [1.165, 1.54) is 17.4 Å². The van der Waals surface area contributed by atoms with Crippen molar-refractivity contribution in [1.82, 2.24) is 10.6 Å². The lowest BCUT2D eigenvalue weighted by Gasteiger charge is -2.13. The summed E-state index contributed by atoms with van der Waals surface area (Å²) in [6.07, 6.45) is 3.35. The Morgan fingerprint density at radius 3 is 2.86 bits per heavy atom. The molecule has 0 radical (unpaired) electrons. The summed E-state index contributed by atoms with van der Waals surface area (Å²) >= 11 is 0. The first kappa shape index (κ1) is 14.4. The molecule has 0 aliphatic heterocycles. The second-order valence-electron chi connectivity index (χ2n) is 5.98. The maximum atomic E-state index is 11.8. The van der Waals surface area contributed by atoms with Crippen LogP contribution in [0.5, 0.6) is 0 Å². The molecule has 1 saturated carbocycles. The van der Waals surface area contributed by atoms with E-state index in [2.05, 4.69) is 28.8 Å². The smallest absolute Gasteiger partial charge is 0.315 e. The highest BCUT2D eigenvalue weighted by Crippen LogP contribution is 2.54. The average molecular weight is 308 g/mol. The molecule has 0 bridgehead atoms. The van der Waals surface area contributed by atoms with Crippen LogP contribution in [-0.2, 0) is 16.3 Å². The van der Waals surface area contributed by atoms with Crippen LogP contribution in [0.2, 0.25) is 0 Å². The summed E-state index contributed by atoms with van der Waals surface area (Å²) in [5.74, 6) is 0.928. The van der Waals surface area contributed by atoms with Crippen molar-refractivity contribution in [2.75, 3.05) is 18.6 Å². The second-order valence-corrected chi connectivity index (χ2v) is 8.24. The zero-order chi connectivity index (χ0) is 15.0. The molecule has 3 atom stereocenters. The third-order valence-electron chi connectivity index (χ3n) is 4.39. The van der Waals surface area contributed by atoms with E-state index in [1.54, 1.807) is 0 Å². The summed E-state index contributed by atoms with van der Waals surface area (Å²) < 4.78 is 22.0. The molecule has 2 aliphatic rings. The normalized spacial score (nSPS) is 26.4. The van der Waals surface area contributed by atoms with Crippen molar-refractivity contribution in [1.29, 1.82) is 0 Å². The molecule has 0 saturated heterocycles. The van der Waals surface area contributed by atoms with Crippen molar-refractivity contribution in [2.24, 2.45) is 5.92 Å². The van der Waals surface area contributed by atoms with Gasteiger partial charge in [-0.15, -0.1) is 0 Å². The van der Waals surface area contributed by atoms with Crippen molar-refractivity contribution in [3.05, 3.63) is 35.4 Å². The number of amides is 2. The number of carbonyl (C=O) groups excluding carboxylic acids is 1. The number of urea groups is 1. The van der Waals surface area contributed by atoms with Crippen LogP contribution in [0.3, 0.4) is 0 Å². The lowest BCUT2D eigenvalue weighted by atomic mass is 9.92. The molecule has 3 unspecified atom stereocenters. The molecule has 6 heteroatoms. The molecular formula is C15H20N2O3S.